The molecule has 0 bridgehead atoms. The third-order valence-electron chi connectivity index (χ3n) is 5.14. The van der Waals surface area contributed by atoms with E-state index in [1.54, 1.807) is 36.6 Å². The molecule has 1 aliphatic heterocycles. The molecule has 0 saturated carbocycles. The van der Waals surface area contributed by atoms with Crippen molar-refractivity contribution in [2.75, 3.05) is 4.90 Å². The molecule has 0 spiro atoms. The van der Waals surface area contributed by atoms with Crippen LogP contribution in [0.25, 0.3) is 11.8 Å². The summed E-state index contributed by atoms with van der Waals surface area (Å²) in [5.41, 5.74) is 2.02. The summed E-state index contributed by atoms with van der Waals surface area (Å²) in [5, 5.41) is -0.129. The fourth-order valence-corrected chi connectivity index (χ4v) is 5.07. The van der Waals surface area contributed by atoms with Gasteiger partial charge < -0.3 is 4.57 Å². The Morgan fingerprint density at radius 3 is 2.45 bits per heavy atom. The minimum absolute atomic E-state index is 0.129. The van der Waals surface area contributed by atoms with Crippen LogP contribution in [0.3, 0.4) is 0 Å². The zero-order valence-electron chi connectivity index (χ0n) is 17.2. The maximum atomic E-state index is 13.5. The molecule has 1 saturated heterocycles. The van der Waals surface area contributed by atoms with Crippen LogP contribution in [0.15, 0.2) is 53.4 Å². The second-order valence-corrected chi connectivity index (χ2v) is 9.41. The number of thiocarbonyl (C=S) groups is 1. The Labute approximate surface area is 201 Å². The first kappa shape index (κ1) is 23.5. The van der Waals surface area contributed by atoms with Gasteiger partial charge in [0.1, 0.15) is 5.82 Å². The first-order valence-corrected chi connectivity index (χ1v) is 11.2. The third-order valence-corrected chi connectivity index (χ3v) is 6.74. The maximum Gasteiger partial charge on any atom is 0.416 e. The number of rotatable bonds is 3. The smallest absolute Gasteiger partial charge is 0.318 e. The lowest BCUT2D eigenvalue weighted by Crippen LogP contribution is -2.27. The number of benzene rings is 2. The lowest BCUT2D eigenvalue weighted by atomic mass is 10.2. The first-order chi connectivity index (χ1) is 15.5. The molecule has 2 aromatic carbocycles. The topological polar surface area (TPSA) is 25.2 Å². The van der Waals surface area contributed by atoms with E-state index in [1.165, 1.54) is 23.1 Å². The number of hydrogen-bond donors (Lipinski definition) is 0. The summed E-state index contributed by atoms with van der Waals surface area (Å²) >= 11 is 12.3. The van der Waals surface area contributed by atoms with Gasteiger partial charge in [0.15, 0.2) is 4.32 Å². The Hall–Kier alpha value is -2.62. The van der Waals surface area contributed by atoms with Crippen molar-refractivity contribution in [3.05, 3.63) is 86.8 Å². The van der Waals surface area contributed by atoms with Crippen molar-refractivity contribution in [3.8, 4) is 5.69 Å². The van der Waals surface area contributed by atoms with E-state index in [9.17, 15) is 22.4 Å². The van der Waals surface area contributed by atoms with E-state index in [2.05, 4.69) is 0 Å². The number of nitrogens with zero attached hydrogens (tertiary/aromatic N) is 2. The van der Waals surface area contributed by atoms with Crippen molar-refractivity contribution in [1.82, 2.24) is 4.57 Å². The van der Waals surface area contributed by atoms with E-state index in [-0.39, 0.29) is 9.34 Å². The fraction of sp³-hybridized carbons (Fsp3) is 0.130. The summed E-state index contributed by atoms with van der Waals surface area (Å²) < 4.78 is 54.9. The molecule has 1 amide bonds. The SMILES string of the molecule is Cc1cc(/C=C2\SC(=S)N(c3ccc(F)c(Cl)c3)C2=O)c(C)n1-c1cccc(C(F)(F)F)c1. The largest absolute Gasteiger partial charge is 0.416 e. The van der Waals surface area contributed by atoms with Gasteiger partial charge in [-0.3, -0.25) is 9.69 Å². The predicted molar refractivity (Wildman–Crippen MR) is 127 cm³/mol. The Bertz CT molecular complexity index is 1330. The molecule has 33 heavy (non-hydrogen) atoms. The van der Waals surface area contributed by atoms with Gasteiger partial charge in [0.25, 0.3) is 5.91 Å². The summed E-state index contributed by atoms with van der Waals surface area (Å²) in [6, 6.07) is 10.7. The van der Waals surface area contributed by atoms with Crippen molar-refractivity contribution >= 4 is 57.6 Å². The molecule has 1 aromatic heterocycles. The van der Waals surface area contributed by atoms with E-state index in [4.69, 9.17) is 23.8 Å². The molecule has 0 aliphatic carbocycles. The molecule has 1 aliphatic rings. The highest BCUT2D eigenvalue weighted by atomic mass is 35.5. The van der Waals surface area contributed by atoms with E-state index in [0.29, 0.717) is 33.2 Å². The number of hydrogen-bond acceptors (Lipinski definition) is 3. The predicted octanol–water partition coefficient (Wildman–Crippen LogP) is 7.31. The zero-order chi connectivity index (χ0) is 24.1. The summed E-state index contributed by atoms with van der Waals surface area (Å²) in [6.45, 7) is 3.54. The normalized spacial score (nSPS) is 15.7. The second-order valence-electron chi connectivity index (χ2n) is 7.33. The number of anilines is 1. The summed E-state index contributed by atoms with van der Waals surface area (Å²) in [4.78, 5) is 14.6. The molecule has 0 atom stereocenters. The standard InChI is InChI=1S/C23H15ClF4N2OS2/c1-12-8-14(13(2)29(12)16-5-3-4-15(10-16)23(26,27)28)9-20-21(31)30(22(32)33-20)17-6-7-19(25)18(24)11-17/h3-11H,1-2H3/b20-9-. The molecule has 0 unspecified atom stereocenters. The van der Waals surface area contributed by atoms with E-state index >= 15 is 0 Å². The number of thioether (sulfide) groups is 1. The lowest BCUT2D eigenvalue weighted by molar-refractivity contribution is -0.137. The molecule has 4 rings (SSSR count). The number of aryl methyl sites for hydroxylation is 1. The molecule has 170 valence electrons. The molecule has 10 heteroatoms. The van der Waals surface area contributed by atoms with Crippen molar-refractivity contribution < 1.29 is 22.4 Å². The van der Waals surface area contributed by atoms with Crippen LogP contribution in [-0.4, -0.2) is 14.8 Å². The van der Waals surface area contributed by atoms with Crippen LogP contribution >= 0.6 is 35.6 Å². The molecule has 2 heterocycles. The molecule has 0 N–H and O–H groups in total. The summed E-state index contributed by atoms with van der Waals surface area (Å²) in [5.74, 6) is -1.00. The number of halogens is 5. The van der Waals surface area contributed by atoms with Crippen LogP contribution in [0.4, 0.5) is 23.2 Å². The van der Waals surface area contributed by atoms with Gasteiger partial charge in [-0.15, -0.1) is 0 Å². The van der Waals surface area contributed by atoms with Gasteiger partial charge in [-0.25, -0.2) is 4.39 Å². The van der Waals surface area contributed by atoms with Crippen LogP contribution in [-0.2, 0) is 11.0 Å². The highest BCUT2D eigenvalue weighted by Crippen LogP contribution is 2.38. The molecule has 1 fully saturated rings. The monoisotopic (exact) mass is 510 g/mol. The number of alkyl halides is 3. The quantitative estimate of drug-likeness (QED) is 0.210. The third kappa shape index (κ3) is 4.45. The van der Waals surface area contributed by atoms with Gasteiger partial charge in [-0.2, -0.15) is 13.2 Å². The Kier molecular flexibility index (Phi) is 6.15. The number of aromatic nitrogens is 1. The average molecular weight is 511 g/mol. The van der Waals surface area contributed by atoms with Crippen LogP contribution in [0.2, 0.25) is 5.02 Å². The molecular weight excluding hydrogens is 496 g/mol. The van der Waals surface area contributed by atoms with Crippen LogP contribution in [0.5, 0.6) is 0 Å². The Balaban J connectivity index is 1.70. The number of carbonyl (C=O) groups excluding carboxylic acids is 1. The fourth-order valence-electron chi connectivity index (χ4n) is 3.61. The Morgan fingerprint density at radius 1 is 1.06 bits per heavy atom. The van der Waals surface area contributed by atoms with E-state index in [0.717, 1.165) is 30.0 Å². The van der Waals surface area contributed by atoms with Crippen LogP contribution in [0, 0.1) is 19.7 Å². The summed E-state index contributed by atoms with van der Waals surface area (Å²) in [6.07, 6.45) is -2.80. The maximum absolute atomic E-state index is 13.5. The van der Waals surface area contributed by atoms with Crippen LogP contribution < -0.4 is 4.90 Å². The minimum atomic E-state index is -4.45. The van der Waals surface area contributed by atoms with Gasteiger partial charge in [0, 0.05) is 17.1 Å². The van der Waals surface area contributed by atoms with Crippen molar-refractivity contribution in [2.45, 2.75) is 20.0 Å². The molecule has 3 nitrogen and oxygen atoms in total. The van der Waals surface area contributed by atoms with E-state index < -0.39 is 23.5 Å². The highest BCUT2D eigenvalue weighted by molar-refractivity contribution is 8.27. The minimum Gasteiger partial charge on any atom is -0.318 e. The van der Waals surface area contributed by atoms with Crippen molar-refractivity contribution in [1.29, 1.82) is 0 Å². The average Bonchev–Trinajstić information content (AvgIpc) is 3.18. The van der Waals surface area contributed by atoms with Gasteiger partial charge in [-0.05, 0) is 68.0 Å². The molecule has 0 radical (unpaired) electrons. The summed E-state index contributed by atoms with van der Waals surface area (Å²) in [7, 11) is 0. The van der Waals surface area contributed by atoms with Gasteiger partial charge in [-0.1, -0.05) is 41.6 Å². The molecule has 3 aromatic rings. The number of amides is 1. The van der Waals surface area contributed by atoms with Crippen molar-refractivity contribution in [2.24, 2.45) is 0 Å². The molecular formula is C23H15ClF4N2OS2. The van der Waals surface area contributed by atoms with Gasteiger partial charge >= 0.3 is 6.18 Å². The van der Waals surface area contributed by atoms with Gasteiger partial charge in [0.2, 0.25) is 0 Å². The van der Waals surface area contributed by atoms with Gasteiger partial charge in [0.05, 0.1) is 21.2 Å². The second kappa shape index (κ2) is 8.62. The van der Waals surface area contributed by atoms with E-state index in [1.807, 2.05) is 0 Å². The lowest BCUT2D eigenvalue weighted by Gasteiger charge is -2.14. The first-order valence-electron chi connectivity index (χ1n) is 9.57. The zero-order valence-corrected chi connectivity index (χ0v) is 19.6. The number of carbonyl (C=O) groups is 1. The van der Waals surface area contributed by atoms with Crippen molar-refractivity contribution in [3.63, 3.8) is 0 Å². The van der Waals surface area contributed by atoms with Crippen LogP contribution in [0.1, 0.15) is 22.5 Å². The highest BCUT2D eigenvalue weighted by Gasteiger charge is 2.34. The Morgan fingerprint density at radius 2 is 1.79 bits per heavy atom.